The molecular formula is C14H12BrF3N2O. The summed E-state index contributed by atoms with van der Waals surface area (Å²) < 4.78 is 41.7. The third-order valence-corrected chi connectivity index (χ3v) is 3.10. The molecule has 0 fully saturated rings. The second kappa shape index (κ2) is 6.34. The minimum atomic E-state index is -4.74. The lowest BCUT2D eigenvalue weighted by atomic mass is 10.2. The van der Waals surface area contributed by atoms with Gasteiger partial charge in [-0.1, -0.05) is 22.0 Å². The number of nitrogens with one attached hydrogen (secondary N) is 1. The highest BCUT2D eigenvalue weighted by atomic mass is 79.9. The monoisotopic (exact) mass is 360 g/mol. The molecule has 1 heterocycles. The van der Waals surface area contributed by atoms with Crippen LogP contribution in [0.4, 0.5) is 18.9 Å². The second-order valence-electron chi connectivity index (χ2n) is 4.37. The molecule has 3 nitrogen and oxygen atoms in total. The van der Waals surface area contributed by atoms with Crippen molar-refractivity contribution in [2.24, 2.45) is 0 Å². The van der Waals surface area contributed by atoms with Gasteiger partial charge in [0.05, 0.1) is 17.9 Å². The van der Waals surface area contributed by atoms with Crippen molar-refractivity contribution < 1.29 is 17.9 Å². The van der Waals surface area contributed by atoms with Gasteiger partial charge in [0.2, 0.25) is 0 Å². The number of aromatic nitrogens is 1. The third-order valence-electron chi connectivity index (χ3n) is 2.60. The summed E-state index contributed by atoms with van der Waals surface area (Å²) in [5.41, 5.74) is 1.99. The van der Waals surface area contributed by atoms with Crippen molar-refractivity contribution in [3.8, 4) is 5.75 Å². The largest absolute Gasteiger partial charge is 0.573 e. The molecule has 0 unspecified atom stereocenters. The van der Waals surface area contributed by atoms with Crippen LogP contribution in [-0.2, 0) is 6.54 Å². The molecule has 0 aliphatic carbocycles. The van der Waals surface area contributed by atoms with E-state index in [2.05, 4.69) is 31.0 Å². The van der Waals surface area contributed by atoms with E-state index in [-0.39, 0.29) is 11.4 Å². The average molecular weight is 361 g/mol. The van der Waals surface area contributed by atoms with E-state index in [4.69, 9.17) is 0 Å². The van der Waals surface area contributed by atoms with Crippen LogP contribution in [0.5, 0.6) is 5.75 Å². The Morgan fingerprint density at radius 2 is 2.00 bits per heavy atom. The number of rotatable bonds is 4. The first-order valence-electron chi connectivity index (χ1n) is 6.04. The minimum Gasteiger partial charge on any atom is -0.404 e. The third kappa shape index (κ3) is 4.93. The smallest absolute Gasteiger partial charge is 0.404 e. The van der Waals surface area contributed by atoms with E-state index in [9.17, 15) is 13.2 Å². The summed E-state index contributed by atoms with van der Waals surface area (Å²) in [6, 6.07) is 8.11. The van der Waals surface area contributed by atoms with Gasteiger partial charge in [-0.15, -0.1) is 13.2 Å². The number of halogens is 4. The summed E-state index contributed by atoms with van der Waals surface area (Å²) in [6.45, 7) is 2.21. The molecule has 0 atom stereocenters. The van der Waals surface area contributed by atoms with Gasteiger partial charge in [-0.2, -0.15) is 0 Å². The lowest BCUT2D eigenvalue weighted by Crippen LogP contribution is -2.18. The van der Waals surface area contributed by atoms with E-state index in [1.54, 1.807) is 12.3 Å². The number of benzene rings is 1. The fourth-order valence-electron chi connectivity index (χ4n) is 1.64. The maximum Gasteiger partial charge on any atom is 0.573 e. The maximum atomic E-state index is 12.4. The molecule has 0 aliphatic rings. The van der Waals surface area contributed by atoms with Gasteiger partial charge in [0.15, 0.2) is 5.75 Å². The van der Waals surface area contributed by atoms with Crippen molar-refractivity contribution in [2.45, 2.75) is 19.8 Å². The van der Waals surface area contributed by atoms with Crippen LogP contribution in [0.3, 0.4) is 0 Å². The van der Waals surface area contributed by atoms with Crippen LogP contribution in [0.2, 0.25) is 0 Å². The molecule has 1 aromatic heterocycles. The SMILES string of the molecule is Cc1ccc(CNc2ccc(Br)cc2OC(F)(F)F)nc1. The Labute approximate surface area is 128 Å². The highest BCUT2D eigenvalue weighted by Crippen LogP contribution is 2.33. The molecule has 0 saturated heterocycles. The first-order chi connectivity index (χ1) is 9.83. The normalized spacial score (nSPS) is 11.3. The molecular weight excluding hydrogens is 349 g/mol. The maximum absolute atomic E-state index is 12.4. The van der Waals surface area contributed by atoms with Crippen molar-refractivity contribution in [2.75, 3.05) is 5.32 Å². The summed E-state index contributed by atoms with van der Waals surface area (Å²) in [7, 11) is 0. The fraction of sp³-hybridized carbons (Fsp3) is 0.214. The van der Waals surface area contributed by atoms with Gasteiger partial charge in [-0.3, -0.25) is 4.98 Å². The number of alkyl halides is 3. The number of pyridine rings is 1. The minimum absolute atomic E-state index is 0.248. The topological polar surface area (TPSA) is 34.1 Å². The quantitative estimate of drug-likeness (QED) is 0.860. The van der Waals surface area contributed by atoms with E-state index in [0.717, 1.165) is 11.3 Å². The first-order valence-corrected chi connectivity index (χ1v) is 6.83. The van der Waals surface area contributed by atoms with Gasteiger partial charge < -0.3 is 10.1 Å². The van der Waals surface area contributed by atoms with E-state index in [1.165, 1.54) is 12.1 Å². The Morgan fingerprint density at radius 1 is 1.24 bits per heavy atom. The molecule has 0 amide bonds. The van der Waals surface area contributed by atoms with Crippen LogP contribution in [0.15, 0.2) is 41.0 Å². The Balaban J connectivity index is 2.13. The molecule has 0 spiro atoms. The van der Waals surface area contributed by atoms with E-state index in [1.807, 2.05) is 19.1 Å². The number of aryl methyl sites for hydroxylation is 1. The molecule has 21 heavy (non-hydrogen) atoms. The Kier molecular flexibility index (Phi) is 4.72. The van der Waals surface area contributed by atoms with Gasteiger partial charge in [-0.25, -0.2) is 0 Å². The van der Waals surface area contributed by atoms with E-state index >= 15 is 0 Å². The van der Waals surface area contributed by atoms with Crippen LogP contribution in [0.25, 0.3) is 0 Å². The molecule has 1 aromatic carbocycles. The van der Waals surface area contributed by atoms with Crippen molar-refractivity contribution >= 4 is 21.6 Å². The molecule has 0 saturated carbocycles. The zero-order valence-electron chi connectivity index (χ0n) is 11.0. The number of hydrogen-bond acceptors (Lipinski definition) is 3. The highest BCUT2D eigenvalue weighted by Gasteiger charge is 2.32. The molecule has 0 radical (unpaired) electrons. The molecule has 0 bridgehead atoms. The lowest BCUT2D eigenvalue weighted by molar-refractivity contribution is -0.274. The number of ether oxygens (including phenoxy) is 1. The van der Waals surface area contributed by atoms with Crippen LogP contribution in [0, 0.1) is 6.92 Å². The lowest BCUT2D eigenvalue weighted by Gasteiger charge is -2.15. The van der Waals surface area contributed by atoms with Gasteiger partial charge in [0, 0.05) is 10.7 Å². The summed E-state index contributed by atoms with van der Waals surface area (Å²) in [4.78, 5) is 4.18. The predicted octanol–water partition coefficient (Wildman–Crippen LogP) is 4.66. The molecule has 1 N–H and O–H groups in total. The van der Waals surface area contributed by atoms with Gasteiger partial charge >= 0.3 is 6.36 Å². The fourth-order valence-corrected chi connectivity index (χ4v) is 1.98. The zero-order chi connectivity index (χ0) is 15.5. The molecule has 0 aliphatic heterocycles. The van der Waals surface area contributed by atoms with Crippen molar-refractivity contribution in [3.63, 3.8) is 0 Å². The van der Waals surface area contributed by atoms with Gasteiger partial charge in [0.25, 0.3) is 0 Å². The molecule has 2 aromatic rings. The standard InChI is InChI=1S/C14H12BrF3N2O/c1-9-2-4-11(19-7-9)8-20-12-5-3-10(15)6-13(12)21-14(16,17)18/h2-7,20H,8H2,1H3. The van der Waals surface area contributed by atoms with E-state index < -0.39 is 6.36 Å². The van der Waals surface area contributed by atoms with Crippen LogP contribution in [0.1, 0.15) is 11.3 Å². The average Bonchev–Trinajstić information content (AvgIpc) is 2.38. The Morgan fingerprint density at radius 3 is 2.62 bits per heavy atom. The number of nitrogens with zero attached hydrogens (tertiary/aromatic N) is 1. The summed E-state index contributed by atoms with van der Waals surface area (Å²) >= 11 is 3.12. The van der Waals surface area contributed by atoms with Crippen LogP contribution >= 0.6 is 15.9 Å². The molecule has 2 rings (SSSR count). The van der Waals surface area contributed by atoms with Crippen molar-refractivity contribution in [1.82, 2.24) is 4.98 Å². The zero-order valence-corrected chi connectivity index (χ0v) is 12.6. The Hall–Kier alpha value is -1.76. The Bertz CT molecular complexity index is 615. The highest BCUT2D eigenvalue weighted by molar-refractivity contribution is 9.10. The molecule has 112 valence electrons. The summed E-state index contributed by atoms with van der Waals surface area (Å²) in [5.74, 6) is -0.288. The predicted molar refractivity (Wildman–Crippen MR) is 77.1 cm³/mol. The number of anilines is 1. The summed E-state index contributed by atoms with van der Waals surface area (Å²) in [5, 5.41) is 2.89. The van der Waals surface area contributed by atoms with E-state index in [0.29, 0.717) is 11.0 Å². The summed E-state index contributed by atoms with van der Waals surface area (Å²) in [6.07, 6.45) is -3.04. The van der Waals surface area contributed by atoms with Crippen LogP contribution in [-0.4, -0.2) is 11.3 Å². The second-order valence-corrected chi connectivity index (χ2v) is 5.28. The van der Waals surface area contributed by atoms with Gasteiger partial charge in [0.1, 0.15) is 0 Å². The number of hydrogen-bond donors (Lipinski definition) is 1. The first kappa shape index (κ1) is 15.6. The van der Waals surface area contributed by atoms with Crippen LogP contribution < -0.4 is 10.1 Å². The molecule has 7 heteroatoms. The van der Waals surface area contributed by atoms with Gasteiger partial charge in [-0.05, 0) is 36.8 Å². The van der Waals surface area contributed by atoms with Crippen molar-refractivity contribution in [1.29, 1.82) is 0 Å². The van der Waals surface area contributed by atoms with Crippen molar-refractivity contribution in [3.05, 3.63) is 52.3 Å².